The summed E-state index contributed by atoms with van der Waals surface area (Å²) in [5, 5.41) is 12.0. The van der Waals surface area contributed by atoms with Gasteiger partial charge in [0.15, 0.2) is 5.82 Å². The van der Waals surface area contributed by atoms with Crippen LogP contribution in [0.3, 0.4) is 0 Å². The Labute approximate surface area is 127 Å². The second kappa shape index (κ2) is 6.70. The van der Waals surface area contributed by atoms with Gasteiger partial charge in [0.2, 0.25) is 0 Å². The summed E-state index contributed by atoms with van der Waals surface area (Å²) in [4.78, 5) is 0. The summed E-state index contributed by atoms with van der Waals surface area (Å²) in [6, 6.07) is 8.66. The van der Waals surface area contributed by atoms with Crippen molar-refractivity contribution in [3.8, 4) is 11.3 Å². The summed E-state index contributed by atoms with van der Waals surface area (Å²) in [6.07, 6.45) is 1.09. The van der Waals surface area contributed by atoms with Crippen LogP contribution in [0.2, 0.25) is 0 Å². The second-order valence-electron chi connectivity index (χ2n) is 5.98. The molecule has 0 aliphatic rings. The molecule has 0 aliphatic heterocycles. The maximum absolute atomic E-state index is 4.44. The second-order valence-corrected chi connectivity index (χ2v) is 5.98. The lowest BCUT2D eigenvalue weighted by molar-refractivity contribution is 0.647. The average molecular weight is 283 g/mol. The Bertz CT molecular complexity index is 618. The van der Waals surface area contributed by atoms with E-state index in [1.165, 1.54) is 16.7 Å². The van der Waals surface area contributed by atoms with E-state index in [1.807, 2.05) is 0 Å². The molecular weight excluding hydrogens is 258 g/mol. The first-order chi connectivity index (χ1) is 10.0. The van der Waals surface area contributed by atoms with Crippen molar-refractivity contribution in [3.63, 3.8) is 0 Å². The first-order valence-corrected chi connectivity index (χ1v) is 7.70. The maximum Gasteiger partial charge on any atom is 0.151 e. The Balaban J connectivity index is 2.40. The van der Waals surface area contributed by atoms with Gasteiger partial charge in [0.25, 0.3) is 0 Å². The van der Waals surface area contributed by atoms with Gasteiger partial charge in [-0.15, -0.1) is 10.2 Å². The van der Waals surface area contributed by atoms with Crippen molar-refractivity contribution in [2.24, 2.45) is 5.92 Å². The van der Waals surface area contributed by atoms with Crippen molar-refractivity contribution < 1.29 is 0 Å². The van der Waals surface area contributed by atoms with Crippen molar-refractivity contribution in [2.45, 2.75) is 41.0 Å². The molecule has 1 N–H and O–H groups in total. The van der Waals surface area contributed by atoms with Gasteiger partial charge in [-0.3, -0.25) is 0 Å². The van der Waals surface area contributed by atoms with Gasteiger partial charge >= 0.3 is 0 Å². The number of hydrogen-bond acceptors (Lipinski definition) is 3. The molecule has 3 heteroatoms. The van der Waals surface area contributed by atoms with Gasteiger partial charge < -0.3 is 5.32 Å². The topological polar surface area (TPSA) is 37.8 Å². The summed E-state index contributed by atoms with van der Waals surface area (Å²) < 4.78 is 0. The van der Waals surface area contributed by atoms with E-state index in [2.05, 4.69) is 74.4 Å². The molecule has 2 rings (SSSR count). The Morgan fingerprint density at radius 1 is 1.10 bits per heavy atom. The fraction of sp³-hybridized carbons (Fsp3) is 0.444. The maximum atomic E-state index is 4.44. The first kappa shape index (κ1) is 15.5. The Kier molecular flexibility index (Phi) is 4.94. The number of benzene rings is 1. The molecule has 1 aromatic heterocycles. The molecule has 0 unspecified atom stereocenters. The van der Waals surface area contributed by atoms with E-state index in [-0.39, 0.29) is 0 Å². The highest BCUT2D eigenvalue weighted by Crippen LogP contribution is 2.27. The summed E-state index contributed by atoms with van der Waals surface area (Å²) in [5.74, 6) is 1.54. The van der Waals surface area contributed by atoms with E-state index in [0.29, 0.717) is 5.92 Å². The Hall–Kier alpha value is -1.90. The molecular formula is C18H25N3. The summed E-state index contributed by atoms with van der Waals surface area (Å²) in [5.41, 5.74) is 5.87. The van der Waals surface area contributed by atoms with Crippen LogP contribution in [0.1, 0.15) is 37.5 Å². The SMILES string of the molecule is CCNc1nnc(-c2cccc(CC(C)C)c2)c(C)c1C. The largest absolute Gasteiger partial charge is 0.369 e. The molecule has 0 saturated heterocycles. The number of anilines is 1. The van der Waals surface area contributed by atoms with Crippen LogP contribution in [0.25, 0.3) is 11.3 Å². The minimum absolute atomic E-state index is 0.658. The van der Waals surface area contributed by atoms with E-state index in [4.69, 9.17) is 0 Å². The zero-order valence-electron chi connectivity index (χ0n) is 13.7. The monoisotopic (exact) mass is 283 g/mol. The molecule has 0 saturated carbocycles. The van der Waals surface area contributed by atoms with Crippen LogP contribution in [0.4, 0.5) is 5.82 Å². The predicted molar refractivity (Wildman–Crippen MR) is 89.6 cm³/mol. The van der Waals surface area contributed by atoms with Gasteiger partial charge in [0.05, 0.1) is 5.69 Å². The average Bonchev–Trinajstić information content (AvgIpc) is 2.44. The summed E-state index contributed by atoms with van der Waals surface area (Å²) in [7, 11) is 0. The van der Waals surface area contributed by atoms with Crippen molar-refractivity contribution in [1.29, 1.82) is 0 Å². The fourth-order valence-electron chi connectivity index (χ4n) is 2.53. The van der Waals surface area contributed by atoms with Crippen LogP contribution in [-0.4, -0.2) is 16.7 Å². The lowest BCUT2D eigenvalue weighted by Crippen LogP contribution is -2.06. The summed E-state index contributed by atoms with van der Waals surface area (Å²) >= 11 is 0. The molecule has 2 aromatic rings. The first-order valence-electron chi connectivity index (χ1n) is 7.70. The highest BCUT2D eigenvalue weighted by Gasteiger charge is 2.11. The Morgan fingerprint density at radius 3 is 2.52 bits per heavy atom. The van der Waals surface area contributed by atoms with Gasteiger partial charge in [0.1, 0.15) is 0 Å². The van der Waals surface area contributed by atoms with Gasteiger partial charge in [-0.05, 0) is 55.9 Å². The highest BCUT2D eigenvalue weighted by atomic mass is 15.2. The van der Waals surface area contributed by atoms with Gasteiger partial charge in [-0.1, -0.05) is 32.0 Å². The highest BCUT2D eigenvalue weighted by molar-refractivity contribution is 5.67. The molecule has 0 aliphatic carbocycles. The van der Waals surface area contributed by atoms with E-state index in [0.717, 1.165) is 30.0 Å². The quantitative estimate of drug-likeness (QED) is 0.884. The van der Waals surface area contributed by atoms with Crippen molar-refractivity contribution in [3.05, 3.63) is 41.0 Å². The number of hydrogen-bond donors (Lipinski definition) is 1. The van der Waals surface area contributed by atoms with Crippen LogP contribution >= 0.6 is 0 Å². The zero-order chi connectivity index (χ0) is 15.4. The molecule has 0 spiro atoms. The molecule has 0 radical (unpaired) electrons. The Morgan fingerprint density at radius 2 is 1.86 bits per heavy atom. The molecule has 0 atom stereocenters. The van der Waals surface area contributed by atoms with Gasteiger partial charge in [0, 0.05) is 12.1 Å². The lowest BCUT2D eigenvalue weighted by Gasteiger charge is -2.13. The zero-order valence-corrected chi connectivity index (χ0v) is 13.7. The number of nitrogens with zero attached hydrogens (tertiary/aromatic N) is 2. The molecule has 3 nitrogen and oxygen atoms in total. The van der Waals surface area contributed by atoms with E-state index < -0.39 is 0 Å². The van der Waals surface area contributed by atoms with E-state index in [9.17, 15) is 0 Å². The van der Waals surface area contributed by atoms with E-state index in [1.54, 1.807) is 0 Å². The minimum Gasteiger partial charge on any atom is -0.369 e. The number of nitrogens with one attached hydrogen (secondary N) is 1. The smallest absolute Gasteiger partial charge is 0.151 e. The molecule has 1 heterocycles. The normalized spacial score (nSPS) is 11.0. The predicted octanol–water partition coefficient (Wildman–Crippen LogP) is 4.39. The van der Waals surface area contributed by atoms with Crippen LogP contribution in [0, 0.1) is 19.8 Å². The van der Waals surface area contributed by atoms with Crippen LogP contribution in [0.15, 0.2) is 24.3 Å². The van der Waals surface area contributed by atoms with Crippen molar-refractivity contribution >= 4 is 5.82 Å². The minimum atomic E-state index is 0.658. The van der Waals surface area contributed by atoms with Crippen molar-refractivity contribution in [1.82, 2.24) is 10.2 Å². The van der Waals surface area contributed by atoms with Gasteiger partial charge in [-0.2, -0.15) is 0 Å². The fourth-order valence-corrected chi connectivity index (χ4v) is 2.53. The molecule has 21 heavy (non-hydrogen) atoms. The third kappa shape index (κ3) is 3.60. The standard InChI is InChI=1S/C18H25N3/c1-6-19-18-14(5)13(4)17(20-21-18)16-9-7-8-15(11-16)10-12(2)3/h7-9,11-12H,6,10H2,1-5H3,(H,19,21). The van der Waals surface area contributed by atoms with Crippen LogP contribution < -0.4 is 5.32 Å². The van der Waals surface area contributed by atoms with Crippen LogP contribution in [0.5, 0.6) is 0 Å². The molecule has 112 valence electrons. The lowest BCUT2D eigenvalue weighted by atomic mass is 9.98. The summed E-state index contributed by atoms with van der Waals surface area (Å²) in [6.45, 7) is 11.6. The van der Waals surface area contributed by atoms with Gasteiger partial charge in [-0.25, -0.2) is 0 Å². The van der Waals surface area contributed by atoms with Crippen LogP contribution in [-0.2, 0) is 6.42 Å². The number of rotatable bonds is 5. The molecule has 0 bridgehead atoms. The van der Waals surface area contributed by atoms with E-state index >= 15 is 0 Å². The molecule has 0 fully saturated rings. The number of aromatic nitrogens is 2. The molecule has 1 aromatic carbocycles. The third-order valence-electron chi connectivity index (χ3n) is 3.71. The molecule has 0 amide bonds. The third-order valence-corrected chi connectivity index (χ3v) is 3.71. The van der Waals surface area contributed by atoms with Crippen molar-refractivity contribution in [2.75, 3.05) is 11.9 Å².